The number of epoxide rings is 1. The zero-order valence-electron chi connectivity index (χ0n) is 9.00. The van der Waals surface area contributed by atoms with Gasteiger partial charge in [0.15, 0.2) is 0 Å². The van der Waals surface area contributed by atoms with E-state index in [2.05, 4.69) is 31.2 Å². The van der Waals surface area contributed by atoms with Crippen LogP contribution in [0.1, 0.15) is 5.56 Å². The highest BCUT2D eigenvalue weighted by Crippen LogP contribution is 2.45. The summed E-state index contributed by atoms with van der Waals surface area (Å²) in [5.41, 5.74) is 1.29. The van der Waals surface area contributed by atoms with Crippen molar-refractivity contribution >= 4 is 11.8 Å². The summed E-state index contributed by atoms with van der Waals surface area (Å²) in [5.74, 6) is 0. The summed E-state index contributed by atoms with van der Waals surface area (Å²) in [4.78, 5) is 1.18. The SMILES string of the molecule is Cc1ccc(S[C@H]2O[C@H](CO)[C@@H]3O[C@@H]32)cc1. The molecule has 2 heterocycles. The monoisotopic (exact) mass is 238 g/mol. The Kier molecular flexibility index (Phi) is 2.67. The zero-order valence-corrected chi connectivity index (χ0v) is 9.81. The molecule has 0 unspecified atom stereocenters. The lowest BCUT2D eigenvalue weighted by Crippen LogP contribution is -2.21. The molecular formula is C12H14O3S. The molecule has 0 aromatic heterocycles. The van der Waals surface area contributed by atoms with Crippen LogP contribution in [-0.4, -0.2) is 35.5 Å². The lowest BCUT2D eigenvalue weighted by molar-refractivity contribution is -0.0173. The molecule has 0 aliphatic carbocycles. The molecule has 0 bridgehead atoms. The lowest BCUT2D eigenvalue weighted by Gasteiger charge is -2.15. The Morgan fingerprint density at radius 1 is 1.19 bits per heavy atom. The van der Waals surface area contributed by atoms with Crippen molar-refractivity contribution < 1.29 is 14.6 Å². The Morgan fingerprint density at radius 3 is 2.56 bits per heavy atom. The number of hydrogen-bond donors (Lipinski definition) is 1. The molecule has 1 aromatic carbocycles. The number of rotatable bonds is 3. The maximum absolute atomic E-state index is 9.07. The molecule has 3 rings (SSSR count). The Labute approximate surface area is 98.8 Å². The van der Waals surface area contributed by atoms with Gasteiger partial charge < -0.3 is 14.6 Å². The van der Waals surface area contributed by atoms with E-state index in [1.54, 1.807) is 11.8 Å². The van der Waals surface area contributed by atoms with Gasteiger partial charge in [0, 0.05) is 4.90 Å². The minimum atomic E-state index is -0.132. The molecule has 4 atom stereocenters. The number of aliphatic hydroxyl groups is 1. The predicted octanol–water partition coefficient (Wildman–Crippen LogP) is 1.57. The van der Waals surface area contributed by atoms with Crippen LogP contribution in [0.3, 0.4) is 0 Å². The van der Waals surface area contributed by atoms with Gasteiger partial charge in [-0.3, -0.25) is 0 Å². The van der Waals surface area contributed by atoms with E-state index in [1.807, 2.05) is 0 Å². The normalized spacial score (nSPS) is 36.1. The van der Waals surface area contributed by atoms with Crippen LogP contribution in [0.25, 0.3) is 0 Å². The minimum Gasteiger partial charge on any atom is -0.394 e. The first-order chi connectivity index (χ1) is 7.78. The van der Waals surface area contributed by atoms with Crippen LogP contribution >= 0.6 is 11.8 Å². The molecule has 2 aliphatic rings. The van der Waals surface area contributed by atoms with Crippen LogP contribution in [0.15, 0.2) is 29.2 Å². The van der Waals surface area contributed by atoms with Crippen LogP contribution in [0.2, 0.25) is 0 Å². The Bertz CT molecular complexity index is 378. The quantitative estimate of drug-likeness (QED) is 0.812. The van der Waals surface area contributed by atoms with Crippen molar-refractivity contribution in [2.45, 2.75) is 35.6 Å². The highest BCUT2D eigenvalue weighted by Gasteiger charge is 2.58. The molecule has 0 radical (unpaired) electrons. The smallest absolute Gasteiger partial charge is 0.137 e. The second-order valence-corrected chi connectivity index (χ2v) is 5.39. The van der Waals surface area contributed by atoms with E-state index in [4.69, 9.17) is 14.6 Å². The Balaban J connectivity index is 1.66. The van der Waals surface area contributed by atoms with Crippen LogP contribution in [0.5, 0.6) is 0 Å². The van der Waals surface area contributed by atoms with Gasteiger partial charge in [0.05, 0.1) is 6.61 Å². The summed E-state index contributed by atoms with van der Waals surface area (Å²) in [6.07, 6.45) is 0.157. The zero-order chi connectivity index (χ0) is 11.1. The van der Waals surface area contributed by atoms with Crippen molar-refractivity contribution in [2.24, 2.45) is 0 Å². The fourth-order valence-corrected chi connectivity index (χ4v) is 3.09. The van der Waals surface area contributed by atoms with E-state index in [0.717, 1.165) is 0 Å². The van der Waals surface area contributed by atoms with Gasteiger partial charge >= 0.3 is 0 Å². The molecule has 2 fully saturated rings. The topological polar surface area (TPSA) is 42.0 Å². The van der Waals surface area contributed by atoms with Gasteiger partial charge in [0.1, 0.15) is 23.7 Å². The lowest BCUT2D eigenvalue weighted by atomic mass is 10.2. The predicted molar refractivity (Wildman–Crippen MR) is 61.4 cm³/mol. The second kappa shape index (κ2) is 4.04. The molecule has 0 amide bonds. The second-order valence-electron chi connectivity index (χ2n) is 4.22. The summed E-state index contributed by atoms with van der Waals surface area (Å²) in [6.45, 7) is 2.12. The highest BCUT2D eigenvalue weighted by atomic mass is 32.2. The highest BCUT2D eigenvalue weighted by molar-refractivity contribution is 7.99. The first kappa shape index (κ1) is 10.6. The molecule has 2 saturated heterocycles. The number of hydrogen-bond acceptors (Lipinski definition) is 4. The van der Waals surface area contributed by atoms with Crippen LogP contribution < -0.4 is 0 Å². The Morgan fingerprint density at radius 2 is 1.94 bits per heavy atom. The number of ether oxygens (including phenoxy) is 2. The fraction of sp³-hybridized carbons (Fsp3) is 0.500. The third kappa shape index (κ3) is 1.86. The Hall–Kier alpha value is -0.550. The van der Waals surface area contributed by atoms with Gasteiger partial charge in [-0.15, -0.1) is 0 Å². The molecule has 86 valence electrons. The van der Waals surface area contributed by atoms with Gasteiger partial charge in [-0.2, -0.15) is 0 Å². The summed E-state index contributed by atoms with van der Waals surface area (Å²) >= 11 is 1.67. The first-order valence-electron chi connectivity index (χ1n) is 5.43. The molecule has 1 aromatic rings. The molecule has 1 N–H and O–H groups in total. The van der Waals surface area contributed by atoms with Crippen molar-refractivity contribution in [2.75, 3.05) is 6.61 Å². The fourth-order valence-electron chi connectivity index (χ4n) is 1.97. The summed E-state index contributed by atoms with van der Waals surface area (Å²) in [6, 6.07) is 8.36. The van der Waals surface area contributed by atoms with E-state index in [9.17, 15) is 0 Å². The maximum Gasteiger partial charge on any atom is 0.137 e. The molecule has 0 spiro atoms. The van der Waals surface area contributed by atoms with Crippen LogP contribution in [0.4, 0.5) is 0 Å². The molecule has 4 heteroatoms. The van der Waals surface area contributed by atoms with Crippen molar-refractivity contribution in [1.29, 1.82) is 0 Å². The number of thioether (sulfide) groups is 1. The van der Waals surface area contributed by atoms with E-state index in [0.29, 0.717) is 0 Å². The molecule has 0 saturated carbocycles. The van der Waals surface area contributed by atoms with Crippen molar-refractivity contribution in [1.82, 2.24) is 0 Å². The number of fused-ring (bicyclic) bond motifs is 1. The molecular weight excluding hydrogens is 224 g/mol. The molecule has 3 nitrogen and oxygen atoms in total. The molecule has 16 heavy (non-hydrogen) atoms. The van der Waals surface area contributed by atoms with Crippen molar-refractivity contribution in [3.8, 4) is 0 Å². The average Bonchev–Trinajstić information content (AvgIpc) is 3.01. The average molecular weight is 238 g/mol. The summed E-state index contributed by atoms with van der Waals surface area (Å²) < 4.78 is 11.2. The number of aryl methyl sites for hydroxylation is 1. The standard InChI is InChI=1S/C12H14O3S/c1-7-2-4-8(5-3-7)16-12-11-10(15-11)9(6-13)14-12/h2-5,9-13H,6H2,1H3/t9-,10+,11+,12-/m1/s1. The first-order valence-corrected chi connectivity index (χ1v) is 6.31. The van der Waals surface area contributed by atoms with Gasteiger partial charge in [-0.05, 0) is 19.1 Å². The van der Waals surface area contributed by atoms with E-state index >= 15 is 0 Å². The third-order valence-corrected chi connectivity index (χ3v) is 4.11. The maximum atomic E-state index is 9.07. The number of aliphatic hydroxyl groups excluding tert-OH is 1. The van der Waals surface area contributed by atoms with Gasteiger partial charge in [0.25, 0.3) is 0 Å². The minimum absolute atomic E-state index is 0.0323. The van der Waals surface area contributed by atoms with Crippen LogP contribution in [0, 0.1) is 6.92 Å². The van der Waals surface area contributed by atoms with Gasteiger partial charge in [0.2, 0.25) is 0 Å². The van der Waals surface area contributed by atoms with Crippen molar-refractivity contribution in [3.63, 3.8) is 0 Å². The number of benzene rings is 1. The van der Waals surface area contributed by atoms with Gasteiger partial charge in [-0.1, -0.05) is 29.5 Å². The summed E-state index contributed by atoms with van der Waals surface area (Å²) in [7, 11) is 0. The largest absolute Gasteiger partial charge is 0.394 e. The molecule has 2 aliphatic heterocycles. The van der Waals surface area contributed by atoms with E-state index in [-0.39, 0.29) is 30.4 Å². The van der Waals surface area contributed by atoms with Crippen LogP contribution in [-0.2, 0) is 9.47 Å². The summed E-state index contributed by atoms with van der Waals surface area (Å²) in [5, 5.41) is 9.07. The van der Waals surface area contributed by atoms with Gasteiger partial charge in [-0.25, -0.2) is 0 Å². The van der Waals surface area contributed by atoms with Crippen molar-refractivity contribution in [3.05, 3.63) is 29.8 Å². The third-order valence-electron chi connectivity index (χ3n) is 2.96. The van der Waals surface area contributed by atoms with E-state index < -0.39 is 0 Å². The van der Waals surface area contributed by atoms with E-state index in [1.165, 1.54) is 10.5 Å².